The molecule has 0 atom stereocenters. The summed E-state index contributed by atoms with van der Waals surface area (Å²) in [6.45, 7) is 1.17. The number of nitrogens with zero attached hydrogens (tertiary/aromatic N) is 1. The molecule has 128 valence electrons. The van der Waals surface area contributed by atoms with Crippen LogP contribution in [0, 0.1) is 0 Å². The molecule has 0 spiro atoms. The van der Waals surface area contributed by atoms with Gasteiger partial charge in [-0.15, -0.1) is 11.3 Å². The summed E-state index contributed by atoms with van der Waals surface area (Å²) >= 11 is 1.09. The molecule has 3 rings (SSSR count). The molecule has 1 aromatic rings. The largest absolute Gasteiger partial charge is 0.349 e. The number of carbonyl (C=O) groups excluding carboxylic acids is 1. The van der Waals surface area contributed by atoms with Crippen molar-refractivity contribution in [1.82, 2.24) is 9.62 Å². The highest BCUT2D eigenvalue weighted by atomic mass is 32.2. The third kappa shape index (κ3) is 3.95. The molecule has 1 saturated heterocycles. The first-order valence-corrected chi connectivity index (χ1v) is 10.7. The van der Waals surface area contributed by atoms with Crippen LogP contribution >= 0.6 is 11.3 Å². The van der Waals surface area contributed by atoms with Crippen molar-refractivity contribution in [3.63, 3.8) is 0 Å². The van der Waals surface area contributed by atoms with Crippen molar-refractivity contribution in [3.8, 4) is 0 Å². The number of rotatable bonds is 4. The predicted octanol–water partition coefficient (Wildman–Crippen LogP) is 2.99. The molecule has 2 fully saturated rings. The number of carbonyl (C=O) groups is 1. The first-order chi connectivity index (χ1) is 11.1. The van der Waals surface area contributed by atoms with Gasteiger partial charge in [0.25, 0.3) is 15.9 Å². The van der Waals surface area contributed by atoms with Crippen molar-refractivity contribution in [2.75, 3.05) is 13.1 Å². The number of sulfonamides is 1. The Labute approximate surface area is 142 Å². The van der Waals surface area contributed by atoms with Crippen LogP contribution in [-0.2, 0) is 10.0 Å². The third-order valence-corrected chi connectivity index (χ3v) is 8.10. The summed E-state index contributed by atoms with van der Waals surface area (Å²) in [5.41, 5.74) is 0. The Balaban J connectivity index is 1.67. The molecule has 1 amide bonds. The highest BCUT2D eigenvalue weighted by Crippen LogP contribution is 2.27. The second-order valence-electron chi connectivity index (χ2n) is 6.39. The molecule has 0 aromatic carbocycles. The number of amides is 1. The second kappa shape index (κ2) is 7.32. The van der Waals surface area contributed by atoms with Gasteiger partial charge in [-0.2, -0.15) is 4.31 Å². The van der Waals surface area contributed by atoms with Crippen molar-refractivity contribution >= 4 is 27.3 Å². The van der Waals surface area contributed by atoms with Gasteiger partial charge in [0.05, 0.1) is 4.88 Å². The summed E-state index contributed by atoms with van der Waals surface area (Å²) in [6, 6.07) is 3.44. The molecule has 0 bridgehead atoms. The number of hydrogen-bond donors (Lipinski definition) is 1. The number of nitrogens with one attached hydrogen (secondary N) is 1. The Bertz CT molecular complexity index is 640. The molecular formula is C16H24N2O3S2. The minimum Gasteiger partial charge on any atom is -0.349 e. The molecule has 1 aromatic heterocycles. The van der Waals surface area contributed by atoms with Crippen molar-refractivity contribution in [1.29, 1.82) is 0 Å². The SMILES string of the molecule is O=C(NC1CCCCCC1)c1ccc(S(=O)(=O)N2CCCC2)s1. The lowest BCUT2D eigenvalue weighted by atomic mass is 10.1. The molecule has 7 heteroatoms. The van der Waals surface area contributed by atoms with E-state index in [1.807, 2.05) is 0 Å². The van der Waals surface area contributed by atoms with Crippen LogP contribution in [-0.4, -0.2) is 37.8 Å². The van der Waals surface area contributed by atoms with Crippen molar-refractivity contribution in [2.45, 2.75) is 61.6 Å². The van der Waals surface area contributed by atoms with E-state index in [9.17, 15) is 13.2 Å². The van der Waals surface area contributed by atoms with Gasteiger partial charge in [0.1, 0.15) is 4.21 Å². The summed E-state index contributed by atoms with van der Waals surface area (Å²) < 4.78 is 26.8. The van der Waals surface area contributed by atoms with Gasteiger partial charge in [-0.05, 0) is 37.8 Å². The first kappa shape index (κ1) is 16.9. The van der Waals surface area contributed by atoms with Crippen LogP contribution < -0.4 is 5.32 Å². The van der Waals surface area contributed by atoms with Gasteiger partial charge < -0.3 is 5.32 Å². The lowest BCUT2D eigenvalue weighted by Gasteiger charge is -2.15. The fourth-order valence-electron chi connectivity index (χ4n) is 3.32. The lowest BCUT2D eigenvalue weighted by molar-refractivity contribution is 0.0937. The van der Waals surface area contributed by atoms with Crippen LogP contribution in [0.15, 0.2) is 16.3 Å². The summed E-state index contributed by atoms with van der Waals surface area (Å²) in [7, 11) is -3.42. The fourth-order valence-corrected chi connectivity index (χ4v) is 6.20. The monoisotopic (exact) mass is 356 g/mol. The molecule has 2 aliphatic rings. The maximum absolute atomic E-state index is 12.5. The van der Waals surface area contributed by atoms with Crippen LogP contribution in [0.2, 0.25) is 0 Å². The zero-order valence-corrected chi connectivity index (χ0v) is 14.9. The van der Waals surface area contributed by atoms with E-state index in [0.717, 1.165) is 49.9 Å². The lowest BCUT2D eigenvalue weighted by Crippen LogP contribution is -2.33. The van der Waals surface area contributed by atoms with Crippen LogP contribution in [0.4, 0.5) is 0 Å². The number of hydrogen-bond acceptors (Lipinski definition) is 4. The van der Waals surface area contributed by atoms with Crippen LogP contribution in [0.1, 0.15) is 61.0 Å². The van der Waals surface area contributed by atoms with E-state index in [4.69, 9.17) is 0 Å². The summed E-state index contributed by atoms with van der Waals surface area (Å²) in [5.74, 6) is -0.134. The van der Waals surface area contributed by atoms with E-state index in [-0.39, 0.29) is 16.2 Å². The van der Waals surface area contributed by atoms with E-state index in [2.05, 4.69) is 5.32 Å². The Kier molecular flexibility index (Phi) is 5.38. The molecular weight excluding hydrogens is 332 g/mol. The van der Waals surface area contributed by atoms with Crippen LogP contribution in [0.5, 0.6) is 0 Å². The highest BCUT2D eigenvalue weighted by molar-refractivity contribution is 7.91. The van der Waals surface area contributed by atoms with Gasteiger partial charge in [0.15, 0.2) is 0 Å². The maximum atomic E-state index is 12.5. The van der Waals surface area contributed by atoms with Crippen molar-refractivity contribution in [3.05, 3.63) is 17.0 Å². The minimum atomic E-state index is -3.42. The highest BCUT2D eigenvalue weighted by Gasteiger charge is 2.29. The van der Waals surface area contributed by atoms with E-state index in [1.54, 1.807) is 12.1 Å². The Morgan fingerprint density at radius 1 is 1.04 bits per heavy atom. The summed E-state index contributed by atoms with van der Waals surface area (Å²) in [5, 5.41) is 3.07. The Morgan fingerprint density at radius 3 is 2.35 bits per heavy atom. The fraction of sp³-hybridized carbons (Fsp3) is 0.688. The molecule has 1 aliphatic carbocycles. The quantitative estimate of drug-likeness (QED) is 0.844. The van der Waals surface area contributed by atoms with E-state index in [0.29, 0.717) is 18.0 Å². The van der Waals surface area contributed by atoms with Gasteiger partial charge in [-0.1, -0.05) is 25.7 Å². The minimum absolute atomic E-state index is 0.134. The normalized spacial score (nSPS) is 21.2. The molecule has 1 N–H and O–H groups in total. The number of thiophene rings is 1. The third-order valence-electron chi connectivity index (χ3n) is 4.65. The molecule has 0 radical (unpaired) electrons. The molecule has 0 unspecified atom stereocenters. The zero-order valence-electron chi connectivity index (χ0n) is 13.3. The van der Waals surface area contributed by atoms with Crippen LogP contribution in [0.25, 0.3) is 0 Å². The summed E-state index contributed by atoms with van der Waals surface area (Å²) in [6.07, 6.45) is 8.67. The first-order valence-electron chi connectivity index (χ1n) is 8.48. The zero-order chi connectivity index (χ0) is 16.3. The average Bonchev–Trinajstić information content (AvgIpc) is 3.17. The van der Waals surface area contributed by atoms with Crippen LogP contribution in [0.3, 0.4) is 0 Å². The van der Waals surface area contributed by atoms with Crippen molar-refractivity contribution in [2.24, 2.45) is 0 Å². The van der Waals surface area contributed by atoms with Crippen molar-refractivity contribution < 1.29 is 13.2 Å². The Hall–Kier alpha value is -0.920. The van der Waals surface area contributed by atoms with E-state index >= 15 is 0 Å². The predicted molar refractivity (Wildman–Crippen MR) is 91.3 cm³/mol. The second-order valence-corrected chi connectivity index (χ2v) is 9.64. The van der Waals surface area contributed by atoms with E-state index < -0.39 is 10.0 Å². The van der Waals surface area contributed by atoms with E-state index in [1.165, 1.54) is 17.1 Å². The smallest absolute Gasteiger partial charge is 0.261 e. The van der Waals surface area contributed by atoms with Gasteiger partial charge in [0, 0.05) is 19.1 Å². The molecule has 23 heavy (non-hydrogen) atoms. The molecule has 1 aliphatic heterocycles. The summed E-state index contributed by atoms with van der Waals surface area (Å²) in [4.78, 5) is 12.9. The maximum Gasteiger partial charge on any atom is 0.261 e. The topological polar surface area (TPSA) is 66.5 Å². The molecule has 2 heterocycles. The average molecular weight is 357 g/mol. The molecule has 5 nitrogen and oxygen atoms in total. The van der Waals surface area contributed by atoms with Gasteiger partial charge in [-0.3, -0.25) is 4.79 Å². The molecule has 1 saturated carbocycles. The Morgan fingerprint density at radius 2 is 1.70 bits per heavy atom. The van der Waals surface area contributed by atoms with Gasteiger partial charge in [0.2, 0.25) is 0 Å². The van der Waals surface area contributed by atoms with Gasteiger partial charge >= 0.3 is 0 Å². The standard InChI is InChI=1S/C16H24N2O3S2/c19-16(17-13-7-3-1-2-4-8-13)14-9-10-15(22-14)23(20,21)18-11-5-6-12-18/h9-10,13H,1-8,11-12H2,(H,17,19). The van der Waals surface area contributed by atoms with Gasteiger partial charge in [-0.25, -0.2) is 8.42 Å².